The minimum absolute atomic E-state index is 0.110. The van der Waals surface area contributed by atoms with Gasteiger partial charge in [0.2, 0.25) is 0 Å². The van der Waals surface area contributed by atoms with Gasteiger partial charge in [0.1, 0.15) is 36.6 Å². The molecule has 0 amide bonds. The van der Waals surface area contributed by atoms with Crippen LogP contribution in [0.2, 0.25) is 0 Å². The maximum absolute atomic E-state index is 10.5. The van der Waals surface area contributed by atoms with Crippen LogP contribution in [-0.4, -0.2) is 94.6 Å². The maximum Gasteiger partial charge on any atom is 0.186 e. The molecule has 2 aliphatic rings. The van der Waals surface area contributed by atoms with E-state index in [1.807, 2.05) is 13.0 Å². The summed E-state index contributed by atoms with van der Waals surface area (Å²) in [6.45, 7) is 17.5. The summed E-state index contributed by atoms with van der Waals surface area (Å²) in [6, 6.07) is 0. The number of hydrogen-bond acceptors (Lipinski definition) is 9. The van der Waals surface area contributed by atoms with Gasteiger partial charge >= 0.3 is 0 Å². The fraction of sp³-hybridized carbons (Fsp3) is 0.689. The van der Waals surface area contributed by atoms with E-state index in [0.717, 1.165) is 82.6 Å². The van der Waals surface area contributed by atoms with Crippen LogP contribution < -0.4 is 0 Å². The van der Waals surface area contributed by atoms with Gasteiger partial charge in [0.05, 0.1) is 19.8 Å². The molecule has 0 saturated carbocycles. The van der Waals surface area contributed by atoms with Crippen molar-refractivity contribution < 1.29 is 44.5 Å². The van der Waals surface area contributed by atoms with E-state index >= 15 is 0 Å². The third-order valence-corrected chi connectivity index (χ3v) is 10.1. The van der Waals surface area contributed by atoms with Gasteiger partial charge in [0.15, 0.2) is 12.6 Å². The molecule has 0 aliphatic carbocycles. The second-order valence-electron chi connectivity index (χ2n) is 15.8. The molecule has 8 unspecified atom stereocenters. The topological polar surface area (TPSA) is 138 Å². The maximum atomic E-state index is 10.5. The van der Waals surface area contributed by atoms with E-state index in [1.165, 1.54) is 33.4 Å². The van der Waals surface area contributed by atoms with Gasteiger partial charge in [0.25, 0.3) is 0 Å². The molecule has 0 radical (unpaired) electrons. The fourth-order valence-electron chi connectivity index (χ4n) is 6.32. The molecule has 54 heavy (non-hydrogen) atoms. The first-order valence-electron chi connectivity index (χ1n) is 20.2. The van der Waals surface area contributed by atoms with Crippen molar-refractivity contribution in [2.24, 2.45) is 0 Å². The molecule has 8 atom stereocenters. The van der Waals surface area contributed by atoms with Gasteiger partial charge in [-0.2, -0.15) is 0 Å². The minimum atomic E-state index is -1.50. The molecule has 9 heteroatoms. The Labute approximate surface area is 326 Å². The molecule has 2 heterocycles. The predicted octanol–water partition coefficient (Wildman–Crippen LogP) is 8.23. The molecular weight excluding hydrogens is 684 g/mol. The van der Waals surface area contributed by atoms with E-state index in [2.05, 4.69) is 84.9 Å². The SMILES string of the molecule is CC(C)=CCCC(C)=CCCC(C)=CCCC(C)=CCCC(C)=CCCC(C)=CCCC(C)=CCOC1OCC(OC2OCC(O)C(O)C2O)C(O)C1O. The molecule has 308 valence electrons. The van der Waals surface area contributed by atoms with Crippen molar-refractivity contribution in [2.45, 2.75) is 182 Å². The molecule has 0 aromatic rings. The van der Waals surface area contributed by atoms with Crippen molar-refractivity contribution >= 4 is 0 Å². The zero-order valence-electron chi connectivity index (χ0n) is 34.6. The predicted molar refractivity (Wildman–Crippen MR) is 218 cm³/mol. The molecule has 2 saturated heterocycles. The first-order valence-corrected chi connectivity index (χ1v) is 20.2. The molecule has 9 nitrogen and oxygen atoms in total. The van der Waals surface area contributed by atoms with E-state index in [0.29, 0.717) is 0 Å². The molecular formula is C45H74O9. The highest BCUT2D eigenvalue weighted by atomic mass is 16.7. The van der Waals surface area contributed by atoms with Crippen LogP contribution in [-0.2, 0) is 18.9 Å². The lowest BCUT2D eigenvalue weighted by molar-refractivity contribution is -0.327. The van der Waals surface area contributed by atoms with E-state index in [1.54, 1.807) is 0 Å². The van der Waals surface area contributed by atoms with Crippen molar-refractivity contribution in [3.05, 3.63) is 81.5 Å². The number of ether oxygens (including phenoxy) is 4. The Morgan fingerprint density at radius 1 is 0.463 bits per heavy atom. The van der Waals surface area contributed by atoms with Gasteiger partial charge in [-0.05, 0) is 132 Å². The quantitative estimate of drug-likeness (QED) is 0.0653. The minimum Gasteiger partial charge on any atom is -0.388 e. The smallest absolute Gasteiger partial charge is 0.186 e. The van der Waals surface area contributed by atoms with E-state index in [9.17, 15) is 25.5 Å². The Morgan fingerprint density at radius 2 is 0.833 bits per heavy atom. The van der Waals surface area contributed by atoms with Crippen molar-refractivity contribution in [1.82, 2.24) is 0 Å². The summed E-state index contributed by atoms with van der Waals surface area (Å²) in [5, 5.41) is 50.6. The first-order chi connectivity index (χ1) is 25.7. The number of aliphatic hydroxyl groups excluding tert-OH is 5. The molecule has 0 spiro atoms. The molecule has 0 aromatic carbocycles. The fourth-order valence-corrected chi connectivity index (χ4v) is 6.32. The van der Waals surface area contributed by atoms with Crippen molar-refractivity contribution in [2.75, 3.05) is 19.8 Å². The van der Waals surface area contributed by atoms with Crippen LogP contribution in [0.5, 0.6) is 0 Å². The lowest BCUT2D eigenvalue weighted by Crippen LogP contribution is -2.59. The van der Waals surface area contributed by atoms with Gasteiger partial charge in [-0.3, -0.25) is 0 Å². The highest BCUT2D eigenvalue weighted by Crippen LogP contribution is 2.25. The number of hydrogen-bond donors (Lipinski definition) is 5. The van der Waals surface area contributed by atoms with E-state index in [4.69, 9.17) is 18.9 Å². The molecule has 2 fully saturated rings. The van der Waals surface area contributed by atoms with Crippen LogP contribution >= 0.6 is 0 Å². The van der Waals surface area contributed by atoms with Gasteiger partial charge in [0, 0.05) is 0 Å². The van der Waals surface area contributed by atoms with Crippen LogP contribution in [0, 0.1) is 0 Å². The van der Waals surface area contributed by atoms with Crippen molar-refractivity contribution in [1.29, 1.82) is 0 Å². The van der Waals surface area contributed by atoms with E-state index < -0.39 is 49.2 Å². The summed E-state index contributed by atoms with van der Waals surface area (Å²) < 4.78 is 22.0. The Kier molecular flexibility index (Phi) is 23.7. The Hall–Kier alpha value is -2.18. The summed E-state index contributed by atoms with van der Waals surface area (Å²) >= 11 is 0. The summed E-state index contributed by atoms with van der Waals surface area (Å²) in [7, 11) is 0. The number of aliphatic hydroxyl groups is 5. The Balaban J connectivity index is 1.59. The van der Waals surface area contributed by atoms with Crippen LogP contribution in [0.25, 0.3) is 0 Å². The third kappa shape index (κ3) is 19.6. The first kappa shape index (κ1) is 48.0. The lowest BCUT2D eigenvalue weighted by atomic mass is 10.0. The largest absolute Gasteiger partial charge is 0.388 e. The highest BCUT2D eigenvalue weighted by Gasteiger charge is 2.44. The standard InChI is InChI=1S/C45H74O9/c1-31(2)15-9-16-32(3)17-10-18-33(4)19-11-20-34(5)21-12-22-35(6)23-13-24-36(7)25-14-26-37(8)27-28-51-44-43(50)41(48)39(30-53-44)54-45-42(49)40(47)38(46)29-52-45/h15,17,19,21,23,25,27,38-50H,9-14,16,18,20,22,24,26,28-30H2,1-8H3. The van der Waals surface area contributed by atoms with Crippen LogP contribution in [0.4, 0.5) is 0 Å². The summed E-state index contributed by atoms with van der Waals surface area (Å²) in [6.07, 6.45) is 18.9. The Morgan fingerprint density at radius 3 is 1.26 bits per heavy atom. The third-order valence-electron chi connectivity index (χ3n) is 10.1. The number of allylic oxidation sites excluding steroid dienone is 13. The average Bonchev–Trinajstić information content (AvgIpc) is 3.11. The second kappa shape index (κ2) is 26.6. The Bertz CT molecular complexity index is 1300. The molecule has 5 N–H and O–H groups in total. The summed E-state index contributed by atoms with van der Waals surface area (Å²) in [4.78, 5) is 0. The van der Waals surface area contributed by atoms with Crippen LogP contribution in [0.15, 0.2) is 81.5 Å². The number of rotatable bonds is 23. The molecule has 0 bridgehead atoms. The summed E-state index contributed by atoms with van der Waals surface area (Å²) in [5.41, 5.74) is 9.87. The highest BCUT2D eigenvalue weighted by molar-refractivity contribution is 5.09. The van der Waals surface area contributed by atoms with Gasteiger partial charge in [-0.15, -0.1) is 0 Å². The molecule has 0 aromatic heterocycles. The average molecular weight is 759 g/mol. The zero-order valence-corrected chi connectivity index (χ0v) is 34.6. The van der Waals surface area contributed by atoms with Crippen LogP contribution in [0.1, 0.15) is 132 Å². The zero-order chi connectivity index (χ0) is 40.0. The normalized spacial score (nSPS) is 28.1. The molecule has 2 aliphatic heterocycles. The van der Waals surface area contributed by atoms with Crippen LogP contribution in [0.3, 0.4) is 0 Å². The molecule has 2 rings (SSSR count). The van der Waals surface area contributed by atoms with Gasteiger partial charge < -0.3 is 44.5 Å². The monoisotopic (exact) mass is 759 g/mol. The van der Waals surface area contributed by atoms with E-state index in [-0.39, 0.29) is 19.8 Å². The second-order valence-corrected chi connectivity index (χ2v) is 15.8. The lowest BCUT2D eigenvalue weighted by Gasteiger charge is -2.41. The summed E-state index contributed by atoms with van der Waals surface area (Å²) in [5.74, 6) is 0. The van der Waals surface area contributed by atoms with Gasteiger partial charge in [-0.25, -0.2) is 0 Å². The van der Waals surface area contributed by atoms with Crippen molar-refractivity contribution in [3.8, 4) is 0 Å². The van der Waals surface area contributed by atoms with Gasteiger partial charge in [-0.1, -0.05) is 81.5 Å². The van der Waals surface area contributed by atoms with Crippen molar-refractivity contribution in [3.63, 3.8) is 0 Å².